The van der Waals surface area contributed by atoms with Gasteiger partial charge in [-0.2, -0.15) is 0 Å². The minimum Gasteiger partial charge on any atom is -0.434 e. The van der Waals surface area contributed by atoms with Crippen molar-refractivity contribution in [1.82, 2.24) is 29.9 Å². The highest BCUT2D eigenvalue weighted by Gasteiger charge is 2.50. The molecule has 11 heteroatoms. The van der Waals surface area contributed by atoms with Gasteiger partial charge >= 0.3 is 0 Å². The minimum absolute atomic E-state index is 0.0430. The van der Waals surface area contributed by atoms with Crippen LogP contribution in [0, 0.1) is 17.2 Å². The molecule has 3 heterocycles. The predicted molar refractivity (Wildman–Crippen MR) is 166 cm³/mol. The molecule has 2 saturated heterocycles. The maximum absolute atomic E-state index is 14.3. The van der Waals surface area contributed by atoms with Crippen molar-refractivity contribution in [2.45, 2.75) is 72.6 Å². The number of ether oxygens (including phenoxy) is 2. The van der Waals surface area contributed by atoms with Crippen LogP contribution in [0.15, 0.2) is 24.5 Å². The predicted octanol–water partition coefficient (Wildman–Crippen LogP) is 4.57. The Balaban J connectivity index is 1.47. The second-order valence-corrected chi connectivity index (χ2v) is 12.9. The molecular formula is C32H50FN7O3. The molecular weight excluding hydrogens is 549 g/mol. The fourth-order valence-electron chi connectivity index (χ4n) is 6.56. The van der Waals surface area contributed by atoms with E-state index in [2.05, 4.69) is 57.7 Å². The van der Waals surface area contributed by atoms with Gasteiger partial charge in [0.1, 0.15) is 17.9 Å². The molecule has 0 aliphatic carbocycles. The number of hydrogen-bond acceptors (Lipinski definition) is 9. The van der Waals surface area contributed by atoms with E-state index in [0.29, 0.717) is 24.3 Å². The molecule has 1 aromatic carbocycles. The normalized spacial score (nSPS) is 18.0. The number of halogens is 1. The standard InChI is InChI=1S/C32H50FN7O3/c1-9-37(7)17-25(42-8)16-27(22(3)4)39-19-32(20-39)13-14-38(18-32)29-30(36-35-21-34-29)43-28-12-11-24(33)15-26(28)31(41)40(10-2)23(5)6/h11-12,15,21-23,25,27H,9-10,13-14,16-20H2,1-8H3/t25-,27+/m1/s1. The number of likely N-dealkylation sites (tertiary alicyclic amines) is 1. The molecule has 2 aromatic rings. The topological polar surface area (TPSA) is 87.2 Å². The summed E-state index contributed by atoms with van der Waals surface area (Å²) in [5.74, 6) is 0.768. The van der Waals surface area contributed by atoms with Crippen LogP contribution in [0.25, 0.3) is 0 Å². The molecule has 0 N–H and O–H groups in total. The summed E-state index contributed by atoms with van der Waals surface area (Å²) in [7, 11) is 3.96. The smallest absolute Gasteiger partial charge is 0.282 e. The number of hydrogen-bond donors (Lipinski definition) is 0. The number of aromatic nitrogens is 3. The van der Waals surface area contributed by atoms with Crippen molar-refractivity contribution >= 4 is 11.7 Å². The monoisotopic (exact) mass is 599 g/mol. The quantitative estimate of drug-likeness (QED) is 0.310. The second kappa shape index (κ2) is 14.3. The molecule has 10 nitrogen and oxygen atoms in total. The van der Waals surface area contributed by atoms with Crippen molar-refractivity contribution in [3.8, 4) is 11.6 Å². The first-order valence-electron chi connectivity index (χ1n) is 15.7. The van der Waals surface area contributed by atoms with Gasteiger partial charge < -0.3 is 24.2 Å². The lowest BCUT2D eigenvalue weighted by Gasteiger charge is -2.53. The number of likely N-dealkylation sites (N-methyl/N-ethyl adjacent to an activating group) is 1. The van der Waals surface area contributed by atoms with Crippen LogP contribution in [0.4, 0.5) is 10.2 Å². The zero-order valence-electron chi connectivity index (χ0n) is 27.2. The molecule has 2 aliphatic heterocycles. The third-order valence-corrected chi connectivity index (χ3v) is 9.12. The second-order valence-electron chi connectivity index (χ2n) is 12.9. The Labute approximate surface area is 256 Å². The fraction of sp³-hybridized carbons (Fsp3) is 0.688. The van der Waals surface area contributed by atoms with E-state index >= 15 is 0 Å². The number of carbonyl (C=O) groups is 1. The number of amides is 1. The third-order valence-electron chi connectivity index (χ3n) is 9.12. The van der Waals surface area contributed by atoms with E-state index in [1.807, 2.05) is 27.9 Å². The van der Waals surface area contributed by atoms with Crippen molar-refractivity contribution < 1.29 is 18.7 Å². The van der Waals surface area contributed by atoms with Crippen LogP contribution in [0.3, 0.4) is 0 Å². The van der Waals surface area contributed by atoms with Crippen LogP contribution in [-0.2, 0) is 4.74 Å². The molecule has 1 amide bonds. The first-order valence-corrected chi connectivity index (χ1v) is 15.7. The highest BCUT2D eigenvalue weighted by atomic mass is 19.1. The number of methoxy groups -OCH3 is 1. The van der Waals surface area contributed by atoms with Crippen molar-refractivity contribution in [2.24, 2.45) is 11.3 Å². The van der Waals surface area contributed by atoms with E-state index in [1.54, 1.807) is 4.90 Å². The first kappa shape index (κ1) is 33.0. The summed E-state index contributed by atoms with van der Waals surface area (Å²) in [5.41, 5.74) is 0.326. The van der Waals surface area contributed by atoms with Gasteiger partial charge in [-0.25, -0.2) is 9.37 Å². The van der Waals surface area contributed by atoms with Gasteiger partial charge in [0, 0.05) is 63.9 Å². The first-order chi connectivity index (χ1) is 20.5. The van der Waals surface area contributed by atoms with E-state index < -0.39 is 5.82 Å². The van der Waals surface area contributed by atoms with Crippen molar-refractivity contribution in [3.63, 3.8) is 0 Å². The van der Waals surface area contributed by atoms with Crippen LogP contribution in [0.1, 0.15) is 64.7 Å². The average molecular weight is 600 g/mol. The molecule has 2 atom stereocenters. The number of nitrogens with zero attached hydrogens (tertiary/aromatic N) is 7. The average Bonchev–Trinajstić information content (AvgIpc) is 3.41. The molecule has 0 saturated carbocycles. The van der Waals surface area contributed by atoms with Crippen molar-refractivity contribution in [2.75, 3.05) is 64.9 Å². The summed E-state index contributed by atoms with van der Waals surface area (Å²) in [6.45, 7) is 18.7. The van der Waals surface area contributed by atoms with Gasteiger partial charge in [-0.1, -0.05) is 20.8 Å². The summed E-state index contributed by atoms with van der Waals surface area (Å²) in [5, 5.41) is 8.21. The van der Waals surface area contributed by atoms with Crippen LogP contribution in [0.2, 0.25) is 0 Å². The lowest BCUT2D eigenvalue weighted by atomic mass is 9.76. The Hall–Kier alpha value is -2.89. The SMILES string of the molecule is CCN(C)C[C@@H](C[C@@H](C(C)C)N1CC2(CCN(c3ncnnc3Oc3ccc(F)cc3C(=O)N(CC)C(C)C)C2)C1)OC. The molecule has 238 valence electrons. The molecule has 2 aliphatic rings. The largest absolute Gasteiger partial charge is 0.434 e. The fourth-order valence-corrected chi connectivity index (χ4v) is 6.56. The Bertz CT molecular complexity index is 1220. The molecule has 1 spiro atoms. The summed E-state index contributed by atoms with van der Waals surface area (Å²) in [6, 6.07) is 4.40. The maximum atomic E-state index is 14.3. The number of anilines is 1. The van der Waals surface area contributed by atoms with Crippen LogP contribution < -0.4 is 9.64 Å². The maximum Gasteiger partial charge on any atom is 0.282 e. The lowest BCUT2D eigenvalue weighted by Crippen LogP contribution is -2.62. The van der Waals surface area contributed by atoms with E-state index in [0.717, 1.165) is 52.1 Å². The summed E-state index contributed by atoms with van der Waals surface area (Å²) in [4.78, 5) is 26.7. The molecule has 2 fully saturated rings. The molecule has 1 aromatic heterocycles. The zero-order valence-corrected chi connectivity index (χ0v) is 27.2. The van der Waals surface area contributed by atoms with Crippen LogP contribution in [0.5, 0.6) is 11.6 Å². The highest BCUT2D eigenvalue weighted by molar-refractivity contribution is 5.97. The zero-order chi connectivity index (χ0) is 31.3. The van der Waals surface area contributed by atoms with Gasteiger partial charge in [0.2, 0.25) is 0 Å². The summed E-state index contributed by atoms with van der Waals surface area (Å²) in [6.07, 6.45) is 3.68. The van der Waals surface area contributed by atoms with E-state index in [9.17, 15) is 9.18 Å². The van der Waals surface area contributed by atoms with E-state index in [4.69, 9.17) is 9.47 Å². The summed E-state index contributed by atoms with van der Waals surface area (Å²) >= 11 is 0. The third kappa shape index (κ3) is 7.61. The van der Waals surface area contributed by atoms with E-state index in [1.165, 1.54) is 24.5 Å². The Morgan fingerprint density at radius 2 is 1.88 bits per heavy atom. The number of rotatable bonds is 14. The van der Waals surface area contributed by atoms with Crippen LogP contribution >= 0.6 is 0 Å². The molecule has 43 heavy (non-hydrogen) atoms. The minimum atomic E-state index is -0.502. The van der Waals surface area contributed by atoms with Gasteiger partial charge in [-0.15, -0.1) is 10.2 Å². The Morgan fingerprint density at radius 1 is 1.14 bits per heavy atom. The number of benzene rings is 1. The van der Waals surface area contributed by atoms with Gasteiger partial charge in [0.05, 0.1) is 11.7 Å². The Morgan fingerprint density at radius 3 is 2.51 bits per heavy atom. The number of carbonyl (C=O) groups excluding carboxylic acids is 1. The molecule has 4 rings (SSSR count). The molecule has 0 radical (unpaired) electrons. The van der Waals surface area contributed by atoms with Gasteiger partial charge in [0.25, 0.3) is 11.8 Å². The Kier molecular flexibility index (Phi) is 10.9. The highest BCUT2D eigenvalue weighted by Crippen LogP contribution is 2.44. The van der Waals surface area contributed by atoms with Crippen LogP contribution in [-0.4, -0.2) is 114 Å². The van der Waals surface area contributed by atoms with Crippen molar-refractivity contribution in [1.29, 1.82) is 0 Å². The van der Waals surface area contributed by atoms with Gasteiger partial charge in [-0.3, -0.25) is 9.69 Å². The molecule has 0 bridgehead atoms. The van der Waals surface area contributed by atoms with Crippen molar-refractivity contribution in [3.05, 3.63) is 35.9 Å². The van der Waals surface area contributed by atoms with E-state index in [-0.39, 0.29) is 40.7 Å². The van der Waals surface area contributed by atoms with Gasteiger partial charge in [-0.05, 0) is 71.3 Å². The lowest BCUT2D eigenvalue weighted by molar-refractivity contribution is -0.0534. The van der Waals surface area contributed by atoms with Gasteiger partial charge in [0.15, 0.2) is 5.82 Å². The summed E-state index contributed by atoms with van der Waals surface area (Å²) < 4.78 is 26.4. The molecule has 0 unspecified atom stereocenters.